The number of aromatic nitrogens is 2. The van der Waals surface area contributed by atoms with E-state index < -0.39 is 17.4 Å². The second-order valence-corrected chi connectivity index (χ2v) is 7.88. The molecule has 0 aliphatic carbocycles. The van der Waals surface area contributed by atoms with Crippen LogP contribution < -0.4 is 63.9 Å². The van der Waals surface area contributed by atoms with E-state index in [4.69, 9.17) is 9.15 Å². The Labute approximate surface area is 259 Å². The van der Waals surface area contributed by atoms with Gasteiger partial charge in [0.2, 0.25) is 0 Å². The quantitative estimate of drug-likeness (QED) is 0.160. The number of imidazole rings is 1. The van der Waals surface area contributed by atoms with Gasteiger partial charge in [0.25, 0.3) is 0 Å². The number of carboxylic acid groups (broad SMARTS) is 1. The van der Waals surface area contributed by atoms with E-state index in [1.165, 1.54) is 43.0 Å². The van der Waals surface area contributed by atoms with Crippen LogP contribution in [0, 0.1) is 5.82 Å². The van der Waals surface area contributed by atoms with Gasteiger partial charge in [-0.05, 0) is 41.8 Å². The van der Waals surface area contributed by atoms with E-state index in [1.807, 2.05) is 0 Å². The first kappa shape index (κ1) is 30.9. The number of aliphatic carboxylic acids is 1. The van der Waals surface area contributed by atoms with Gasteiger partial charge in [0.15, 0.2) is 0 Å². The molecule has 0 aliphatic rings. The first-order chi connectivity index (χ1) is 16.8. The first-order valence-electron chi connectivity index (χ1n) is 10.8. The second kappa shape index (κ2) is 13.4. The second-order valence-electron chi connectivity index (χ2n) is 7.88. The van der Waals surface area contributed by atoms with E-state index in [2.05, 4.69) is 9.97 Å². The molecule has 0 aliphatic heterocycles. The molecule has 4 rings (SSSR count). The predicted octanol–water partition coefficient (Wildman–Crippen LogP) is -1.18. The Morgan fingerprint density at radius 3 is 2.62 bits per heavy atom. The van der Waals surface area contributed by atoms with Gasteiger partial charge >= 0.3 is 65.1 Å². The summed E-state index contributed by atoms with van der Waals surface area (Å²) in [6, 6.07) is 10.2. The molecule has 8 nitrogen and oxygen atoms in total. The number of phenols is 1. The summed E-state index contributed by atoms with van der Waals surface area (Å²) < 4.78 is 25.2. The Kier molecular flexibility index (Phi) is 11.2. The van der Waals surface area contributed by atoms with E-state index >= 15 is 0 Å². The molecule has 1 unspecified atom stereocenters. The molecule has 0 saturated carbocycles. The van der Waals surface area contributed by atoms with Crippen molar-refractivity contribution in [1.29, 1.82) is 0 Å². The number of aromatic amines is 1. The van der Waals surface area contributed by atoms with Gasteiger partial charge in [-0.2, -0.15) is 0 Å². The number of benzene rings is 2. The van der Waals surface area contributed by atoms with Crippen LogP contribution in [0.1, 0.15) is 44.3 Å². The average molecular weight is 526 g/mol. The number of carbonyl (C=O) groups is 1. The molecule has 11 heteroatoms. The molecule has 4 N–H and O–H groups in total. The third-order valence-electron chi connectivity index (χ3n) is 5.61. The number of H-pyrrole nitrogens is 1. The fraction of sp³-hybridized carbons (Fsp3) is 0.154. The van der Waals surface area contributed by atoms with Gasteiger partial charge in [-0.3, -0.25) is 0 Å². The molecule has 2 aromatic carbocycles. The van der Waals surface area contributed by atoms with E-state index in [1.54, 1.807) is 31.3 Å². The van der Waals surface area contributed by atoms with Gasteiger partial charge in [-0.25, -0.2) is 14.2 Å². The largest absolute Gasteiger partial charge is 1.00 e. The van der Waals surface area contributed by atoms with Gasteiger partial charge in [-0.1, -0.05) is 19.1 Å². The van der Waals surface area contributed by atoms with Crippen molar-refractivity contribution in [1.82, 2.24) is 9.97 Å². The summed E-state index contributed by atoms with van der Waals surface area (Å²) in [6.07, 6.45) is 7.11. The molecule has 0 spiro atoms. The summed E-state index contributed by atoms with van der Waals surface area (Å²) >= 11 is 0. The van der Waals surface area contributed by atoms with Crippen LogP contribution >= 0.6 is 0 Å². The summed E-state index contributed by atoms with van der Waals surface area (Å²) in [5, 5.41) is 30.9. The maximum Gasteiger partial charge on any atom is 1.00 e. The molecule has 0 saturated heterocycles. The van der Waals surface area contributed by atoms with Crippen LogP contribution in [0.2, 0.25) is 0 Å². The molecular formula is C26H25FN2Na2O6. The van der Waals surface area contributed by atoms with Crippen LogP contribution in [0.5, 0.6) is 11.5 Å². The number of carboxylic acids is 1. The van der Waals surface area contributed by atoms with E-state index in [9.17, 15) is 24.5 Å². The van der Waals surface area contributed by atoms with Gasteiger partial charge in [0, 0.05) is 41.2 Å². The SMILES string of the molecule is CCC(O)(c1cc(F)cc(OCc2ccc(/C(=C\C(=O)O)c3ccoc3)c(O)c2)c1)c1ncc[nH]1.[H-].[H-].[Na+].[Na+]. The van der Waals surface area contributed by atoms with Crippen molar-refractivity contribution in [2.75, 3.05) is 0 Å². The zero-order chi connectivity index (χ0) is 25.0. The molecule has 37 heavy (non-hydrogen) atoms. The topological polar surface area (TPSA) is 129 Å². The van der Waals surface area contributed by atoms with Gasteiger partial charge in [0.05, 0.1) is 12.5 Å². The number of halogens is 1. The minimum absolute atomic E-state index is 0. The predicted molar refractivity (Wildman–Crippen MR) is 126 cm³/mol. The number of aromatic hydroxyl groups is 1. The van der Waals surface area contributed by atoms with Crippen molar-refractivity contribution in [3.05, 3.63) is 107 Å². The van der Waals surface area contributed by atoms with Gasteiger partial charge in [0.1, 0.15) is 35.3 Å². The number of nitrogens with zero attached hydrogens (tertiary/aromatic N) is 1. The Bertz CT molecular complexity index is 1370. The van der Waals surface area contributed by atoms with Crippen molar-refractivity contribution in [3.8, 4) is 11.5 Å². The number of nitrogens with one attached hydrogen (secondary N) is 1. The van der Waals surface area contributed by atoms with E-state index in [0.717, 1.165) is 6.08 Å². The van der Waals surface area contributed by atoms with Crippen LogP contribution in [0.3, 0.4) is 0 Å². The van der Waals surface area contributed by atoms with Crippen molar-refractivity contribution >= 4 is 11.5 Å². The minimum atomic E-state index is -1.52. The van der Waals surface area contributed by atoms with Crippen molar-refractivity contribution in [2.45, 2.75) is 25.6 Å². The third-order valence-corrected chi connectivity index (χ3v) is 5.61. The summed E-state index contributed by atoms with van der Waals surface area (Å²) in [5.74, 6) is -1.43. The van der Waals surface area contributed by atoms with Crippen LogP contribution in [0.15, 0.2) is 77.9 Å². The third kappa shape index (κ3) is 7.14. The van der Waals surface area contributed by atoms with Crippen molar-refractivity contribution < 1.29 is 95.6 Å². The molecule has 0 bridgehead atoms. The van der Waals surface area contributed by atoms with Crippen LogP contribution in [0.4, 0.5) is 4.39 Å². The summed E-state index contributed by atoms with van der Waals surface area (Å²) in [5.41, 5.74) is 0.407. The Morgan fingerprint density at radius 1 is 1.24 bits per heavy atom. The minimum Gasteiger partial charge on any atom is -1.00 e. The number of rotatable bonds is 9. The maximum atomic E-state index is 14.4. The average Bonchev–Trinajstić information content (AvgIpc) is 3.55. The Balaban J connectivity index is 0.00000361. The molecule has 2 heterocycles. The smallest absolute Gasteiger partial charge is 1.00 e. The maximum absolute atomic E-state index is 14.4. The number of hydrogen-bond acceptors (Lipinski definition) is 6. The molecule has 0 radical (unpaired) electrons. The molecule has 184 valence electrons. The van der Waals surface area contributed by atoms with Gasteiger partial charge < -0.3 is 32.3 Å². The van der Waals surface area contributed by atoms with Crippen LogP contribution in [-0.4, -0.2) is 31.3 Å². The molecular weight excluding hydrogens is 501 g/mol. The monoisotopic (exact) mass is 526 g/mol. The Morgan fingerprint density at radius 2 is 2.03 bits per heavy atom. The molecule has 2 aromatic heterocycles. The first-order valence-corrected chi connectivity index (χ1v) is 10.8. The van der Waals surface area contributed by atoms with E-state index in [0.29, 0.717) is 22.5 Å². The summed E-state index contributed by atoms with van der Waals surface area (Å²) in [4.78, 5) is 18.3. The van der Waals surface area contributed by atoms with E-state index in [-0.39, 0.29) is 97.6 Å². The molecule has 0 fully saturated rings. The fourth-order valence-electron chi connectivity index (χ4n) is 3.80. The van der Waals surface area contributed by atoms with Crippen LogP contribution in [-0.2, 0) is 17.0 Å². The van der Waals surface area contributed by atoms with Gasteiger partial charge in [-0.15, -0.1) is 0 Å². The zero-order valence-corrected chi connectivity index (χ0v) is 24.7. The number of ether oxygens (including phenoxy) is 1. The summed E-state index contributed by atoms with van der Waals surface area (Å²) in [7, 11) is 0. The standard InChI is InChI=1S/C26H23FN2O6.2Na.2H/c1-2-26(33,25-28-6-7-29-25)18-10-19(27)12-20(11-18)35-14-16-3-4-21(23(30)9-16)22(13-24(31)32)17-5-8-34-15-17;;;;/h3-13,15,30,33H,2,14H2,1H3,(H,28,29)(H,31,32);;;;/q;2*+1;2*-1/b22-13-;;;;. The molecule has 4 aromatic rings. The fourth-order valence-corrected chi connectivity index (χ4v) is 3.80. The zero-order valence-electron chi connectivity index (χ0n) is 22.7. The normalized spacial score (nSPS) is 12.7. The molecule has 1 atom stereocenters. The van der Waals surface area contributed by atoms with Crippen molar-refractivity contribution in [3.63, 3.8) is 0 Å². The van der Waals surface area contributed by atoms with Crippen LogP contribution in [0.25, 0.3) is 5.57 Å². The number of aliphatic hydroxyl groups is 1. The number of phenolic OH excluding ortho intramolecular Hbond substituents is 1. The number of furan rings is 1. The molecule has 0 amide bonds. The van der Waals surface area contributed by atoms with Crippen molar-refractivity contribution in [2.24, 2.45) is 0 Å². The Hall–Kier alpha value is -2.37. The summed E-state index contributed by atoms with van der Waals surface area (Å²) in [6.45, 7) is 1.75. The number of hydrogen-bond donors (Lipinski definition) is 4.